The van der Waals surface area contributed by atoms with Crippen molar-refractivity contribution in [2.75, 3.05) is 20.3 Å². The molecule has 0 aromatic carbocycles. The lowest BCUT2D eigenvalue weighted by Gasteiger charge is -2.24. The van der Waals surface area contributed by atoms with Crippen LogP contribution in [0.4, 0.5) is 0 Å². The maximum atomic E-state index is 12.3. The Morgan fingerprint density at radius 1 is 1.45 bits per heavy atom. The molecule has 2 rings (SSSR count). The summed E-state index contributed by atoms with van der Waals surface area (Å²) < 4.78 is 6.81. The van der Waals surface area contributed by atoms with Crippen LogP contribution in [0.15, 0.2) is 23.0 Å². The molecule has 1 aliphatic rings. The number of aromatic nitrogens is 1. The van der Waals surface area contributed by atoms with Gasteiger partial charge in [0, 0.05) is 38.4 Å². The molecule has 0 bridgehead atoms. The molecule has 110 valence electrons. The molecule has 1 aliphatic heterocycles. The molecule has 1 fully saturated rings. The van der Waals surface area contributed by atoms with Crippen LogP contribution in [0, 0.1) is 6.92 Å². The van der Waals surface area contributed by atoms with Crippen LogP contribution in [0.5, 0.6) is 0 Å². The van der Waals surface area contributed by atoms with Gasteiger partial charge in [0.15, 0.2) is 0 Å². The van der Waals surface area contributed by atoms with E-state index in [1.807, 2.05) is 17.9 Å². The van der Waals surface area contributed by atoms with Gasteiger partial charge in [-0.3, -0.25) is 9.59 Å². The minimum absolute atomic E-state index is 0.0485. The predicted molar refractivity (Wildman–Crippen MR) is 76.7 cm³/mol. The van der Waals surface area contributed by atoms with Crippen LogP contribution >= 0.6 is 0 Å². The Bertz CT molecular complexity index is 524. The van der Waals surface area contributed by atoms with Gasteiger partial charge < -0.3 is 14.2 Å². The van der Waals surface area contributed by atoms with Crippen LogP contribution in [-0.4, -0.2) is 41.7 Å². The number of likely N-dealkylation sites (tertiary alicyclic amines) is 1. The van der Waals surface area contributed by atoms with E-state index >= 15 is 0 Å². The van der Waals surface area contributed by atoms with E-state index < -0.39 is 0 Å². The van der Waals surface area contributed by atoms with Gasteiger partial charge in [0.25, 0.3) is 5.56 Å². The fourth-order valence-corrected chi connectivity index (χ4v) is 2.79. The first-order valence-electron chi connectivity index (χ1n) is 7.08. The van der Waals surface area contributed by atoms with E-state index in [2.05, 4.69) is 0 Å². The molecule has 1 aromatic heterocycles. The first-order chi connectivity index (χ1) is 9.63. The van der Waals surface area contributed by atoms with Crippen LogP contribution in [0.1, 0.15) is 25.0 Å². The number of carbonyl (C=O) groups excluding carboxylic acids is 1. The van der Waals surface area contributed by atoms with Gasteiger partial charge in [-0.15, -0.1) is 0 Å². The number of amides is 1. The Hall–Kier alpha value is -1.62. The molecule has 1 saturated heterocycles. The smallest absolute Gasteiger partial charge is 0.250 e. The number of methoxy groups -OCH3 is 1. The maximum absolute atomic E-state index is 12.3. The van der Waals surface area contributed by atoms with Gasteiger partial charge in [-0.05, 0) is 25.8 Å². The molecule has 5 heteroatoms. The fraction of sp³-hybridized carbons (Fsp3) is 0.600. The zero-order valence-electron chi connectivity index (χ0n) is 12.2. The summed E-state index contributed by atoms with van der Waals surface area (Å²) in [4.78, 5) is 25.9. The Balaban J connectivity index is 1.97. The lowest BCUT2D eigenvalue weighted by Crippen LogP contribution is -2.39. The van der Waals surface area contributed by atoms with Crippen molar-refractivity contribution in [2.45, 2.75) is 38.8 Å². The highest BCUT2D eigenvalue weighted by atomic mass is 16.5. The van der Waals surface area contributed by atoms with E-state index in [1.165, 1.54) is 6.07 Å². The van der Waals surface area contributed by atoms with Gasteiger partial charge in [0.05, 0.1) is 12.6 Å². The SMILES string of the molecule is COCC1CCCN1C(=O)CCn1c(C)cccc1=O. The maximum Gasteiger partial charge on any atom is 0.250 e. The van der Waals surface area contributed by atoms with Crippen molar-refractivity contribution in [1.29, 1.82) is 0 Å². The molecule has 0 aliphatic carbocycles. The van der Waals surface area contributed by atoms with Crippen LogP contribution in [0.25, 0.3) is 0 Å². The number of hydrogen-bond acceptors (Lipinski definition) is 3. The van der Waals surface area contributed by atoms with E-state index in [1.54, 1.807) is 17.7 Å². The van der Waals surface area contributed by atoms with Crippen molar-refractivity contribution in [2.24, 2.45) is 0 Å². The molecule has 2 heterocycles. The minimum atomic E-state index is -0.0485. The van der Waals surface area contributed by atoms with Gasteiger partial charge in [-0.1, -0.05) is 6.07 Å². The largest absolute Gasteiger partial charge is 0.383 e. The van der Waals surface area contributed by atoms with Crippen molar-refractivity contribution in [3.63, 3.8) is 0 Å². The predicted octanol–water partition coefficient (Wildman–Crippen LogP) is 1.18. The van der Waals surface area contributed by atoms with Gasteiger partial charge >= 0.3 is 0 Å². The molecule has 1 amide bonds. The molecule has 0 saturated carbocycles. The second-order valence-corrected chi connectivity index (χ2v) is 5.25. The Morgan fingerprint density at radius 2 is 2.25 bits per heavy atom. The summed E-state index contributed by atoms with van der Waals surface area (Å²) >= 11 is 0. The quantitative estimate of drug-likeness (QED) is 0.813. The van der Waals surface area contributed by atoms with Gasteiger partial charge in [-0.2, -0.15) is 0 Å². The molecule has 1 atom stereocenters. The Kier molecular flexibility index (Phi) is 4.95. The zero-order chi connectivity index (χ0) is 14.5. The number of ether oxygens (including phenoxy) is 1. The Morgan fingerprint density at radius 3 is 2.95 bits per heavy atom. The number of pyridine rings is 1. The van der Waals surface area contributed by atoms with Crippen LogP contribution in [-0.2, 0) is 16.1 Å². The molecule has 0 radical (unpaired) electrons. The van der Waals surface area contributed by atoms with Crippen molar-refractivity contribution >= 4 is 5.91 Å². The first-order valence-corrected chi connectivity index (χ1v) is 7.08. The Labute approximate surface area is 119 Å². The zero-order valence-corrected chi connectivity index (χ0v) is 12.2. The number of aryl methyl sites for hydroxylation is 1. The molecule has 1 aromatic rings. The van der Waals surface area contributed by atoms with Gasteiger partial charge in [-0.25, -0.2) is 0 Å². The summed E-state index contributed by atoms with van der Waals surface area (Å²) in [6.07, 6.45) is 2.40. The summed E-state index contributed by atoms with van der Waals surface area (Å²) in [5.41, 5.74) is 0.841. The average Bonchev–Trinajstić information content (AvgIpc) is 2.87. The highest BCUT2D eigenvalue weighted by Crippen LogP contribution is 2.18. The fourth-order valence-electron chi connectivity index (χ4n) is 2.79. The van der Waals surface area contributed by atoms with Crippen molar-refractivity contribution in [1.82, 2.24) is 9.47 Å². The second-order valence-electron chi connectivity index (χ2n) is 5.25. The molecule has 0 N–H and O–H groups in total. The molecule has 1 unspecified atom stereocenters. The lowest BCUT2D eigenvalue weighted by atomic mass is 10.2. The summed E-state index contributed by atoms with van der Waals surface area (Å²) in [7, 11) is 1.66. The number of nitrogens with zero attached hydrogens (tertiary/aromatic N) is 2. The number of rotatable bonds is 5. The minimum Gasteiger partial charge on any atom is -0.383 e. The summed E-state index contributed by atoms with van der Waals surface area (Å²) in [6, 6.07) is 5.35. The normalized spacial score (nSPS) is 18.5. The summed E-state index contributed by atoms with van der Waals surface area (Å²) in [5.74, 6) is 0.111. The van der Waals surface area contributed by atoms with Gasteiger partial charge in [0.1, 0.15) is 0 Å². The highest BCUT2D eigenvalue weighted by Gasteiger charge is 2.28. The standard InChI is InChI=1S/C15H22N2O3/c1-12-5-3-7-14(18)16(12)10-8-15(19)17-9-4-6-13(17)11-20-2/h3,5,7,13H,4,6,8-11H2,1-2H3. The average molecular weight is 278 g/mol. The third-order valence-corrected chi connectivity index (χ3v) is 3.87. The van der Waals surface area contributed by atoms with E-state index in [4.69, 9.17) is 4.74 Å². The van der Waals surface area contributed by atoms with E-state index in [-0.39, 0.29) is 17.5 Å². The van der Waals surface area contributed by atoms with Crippen LogP contribution in [0.2, 0.25) is 0 Å². The third kappa shape index (κ3) is 3.28. The number of carbonyl (C=O) groups is 1. The summed E-state index contributed by atoms with van der Waals surface area (Å²) in [5, 5.41) is 0. The topological polar surface area (TPSA) is 51.5 Å². The molecular weight excluding hydrogens is 256 g/mol. The highest BCUT2D eigenvalue weighted by molar-refractivity contribution is 5.76. The number of hydrogen-bond donors (Lipinski definition) is 0. The molecule has 20 heavy (non-hydrogen) atoms. The molecule has 5 nitrogen and oxygen atoms in total. The summed E-state index contributed by atoms with van der Waals surface area (Å²) in [6.45, 7) is 3.72. The van der Waals surface area contributed by atoms with E-state index in [9.17, 15) is 9.59 Å². The van der Waals surface area contributed by atoms with Crippen molar-refractivity contribution in [3.8, 4) is 0 Å². The monoisotopic (exact) mass is 278 g/mol. The lowest BCUT2D eigenvalue weighted by molar-refractivity contribution is -0.133. The van der Waals surface area contributed by atoms with Crippen LogP contribution in [0.3, 0.4) is 0 Å². The third-order valence-electron chi connectivity index (χ3n) is 3.87. The van der Waals surface area contributed by atoms with Crippen molar-refractivity contribution in [3.05, 3.63) is 34.2 Å². The second kappa shape index (κ2) is 6.70. The molecular formula is C15H22N2O3. The van der Waals surface area contributed by atoms with Gasteiger partial charge in [0.2, 0.25) is 5.91 Å². The van der Waals surface area contributed by atoms with Crippen molar-refractivity contribution < 1.29 is 9.53 Å². The van der Waals surface area contributed by atoms with Crippen LogP contribution < -0.4 is 5.56 Å². The van der Waals surface area contributed by atoms with E-state index in [0.29, 0.717) is 19.6 Å². The molecule has 0 spiro atoms. The first kappa shape index (κ1) is 14.8. The van der Waals surface area contributed by atoms with E-state index in [0.717, 1.165) is 25.1 Å².